The van der Waals surface area contributed by atoms with E-state index >= 15 is 0 Å². The van der Waals surface area contributed by atoms with Gasteiger partial charge >= 0.3 is 0 Å². The minimum Gasteiger partial charge on any atom is -0.352 e. The molecule has 0 unspecified atom stereocenters. The Labute approximate surface area is 127 Å². The van der Waals surface area contributed by atoms with Gasteiger partial charge in [0.1, 0.15) is 5.01 Å². The molecule has 1 N–H and O–H groups in total. The van der Waals surface area contributed by atoms with Crippen LogP contribution in [0.1, 0.15) is 5.69 Å². The number of thiazole rings is 1. The fourth-order valence-corrected chi connectivity index (χ4v) is 3.25. The standard InChI is InChI=1S/C15H16N2OS2/c1-2-8-16-14(18)11-19-9-13-10-20-15(17-13)12-6-4-3-5-7-12/h2-7,10H,1,8-9,11H2,(H,16,18). The molecule has 0 atom stereocenters. The predicted molar refractivity (Wildman–Crippen MR) is 86.9 cm³/mol. The minimum atomic E-state index is 0.0356. The Hall–Kier alpha value is -1.59. The monoisotopic (exact) mass is 304 g/mol. The van der Waals surface area contributed by atoms with Crippen molar-refractivity contribution in [1.29, 1.82) is 0 Å². The number of aromatic nitrogens is 1. The third kappa shape index (κ3) is 4.51. The molecule has 2 rings (SSSR count). The molecule has 0 aliphatic rings. The highest BCUT2D eigenvalue weighted by atomic mass is 32.2. The highest BCUT2D eigenvalue weighted by Crippen LogP contribution is 2.24. The van der Waals surface area contributed by atoms with Gasteiger partial charge in [-0.2, -0.15) is 0 Å². The van der Waals surface area contributed by atoms with Crippen LogP contribution >= 0.6 is 23.1 Å². The molecule has 1 aromatic heterocycles. The maximum absolute atomic E-state index is 11.4. The van der Waals surface area contributed by atoms with Gasteiger partial charge in [0.15, 0.2) is 0 Å². The summed E-state index contributed by atoms with van der Waals surface area (Å²) in [6.07, 6.45) is 1.68. The molecule has 0 aliphatic carbocycles. The number of amides is 1. The largest absolute Gasteiger partial charge is 0.352 e. The molecule has 20 heavy (non-hydrogen) atoms. The Kier molecular flexibility index (Phi) is 5.83. The van der Waals surface area contributed by atoms with Gasteiger partial charge in [0, 0.05) is 23.2 Å². The third-order valence-electron chi connectivity index (χ3n) is 2.50. The van der Waals surface area contributed by atoms with Crippen LogP contribution in [0.3, 0.4) is 0 Å². The predicted octanol–water partition coefficient (Wildman–Crippen LogP) is 3.35. The molecule has 0 spiro atoms. The highest BCUT2D eigenvalue weighted by Gasteiger charge is 2.05. The van der Waals surface area contributed by atoms with Gasteiger partial charge in [-0.05, 0) is 0 Å². The normalized spacial score (nSPS) is 10.2. The van der Waals surface area contributed by atoms with Gasteiger partial charge in [0.25, 0.3) is 0 Å². The summed E-state index contributed by atoms with van der Waals surface area (Å²) in [5.74, 6) is 1.24. The molecule has 0 bridgehead atoms. The van der Waals surface area contributed by atoms with E-state index in [-0.39, 0.29) is 5.91 Å². The van der Waals surface area contributed by atoms with Gasteiger partial charge in [0.2, 0.25) is 5.91 Å². The molecule has 3 nitrogen and oxygen atoms in total. The molecule has 0 radical (unpaired) electrons. The van der Waals surface area contributed by atoms with Crippen molar-refractivity contribution in [3.8, 4) is 10.6 Å². The summed E-state index contributed by atoms with van der Waals surface area (Å²) >= 11 is 3.21. The van der Waals surface area contributed by atoms with Gasteiger partial charge in [-0.25, -0.2) is 4.98 Å². The Morgan fingerprint density at radius 2 is 2.20 bits per heavy atom. The first-order chi connectivity index (χ1) is 9.79. The van der Waals surface area contributed by atoms with Crippen LogP contribution in [0.2, 0.25) is 0 Å². The van der Waals surface area contributed by atoms with Crippen molar-refractivity contribution in [2.24, 2.45) is 0 Å². The maximum Gasteiger partial charge on any atom is 0.230 e. The second kappa shape index (κ2) is 7.87. The summed E-state index contributed by atoms with van der Waals surface area (Å²) in [6, 6.07) is 10.1. The zero-order valence-corrected chi connectivity index (χ0v) is 12.7. The summed E-state index contributed by atoms with van der Waals surface area (Å²) in [6.45, 7) is 4.08. The molecule has 2 aromatic rings. The first kappa shape index (κ1) is 14.8. The average molecular weight is 304 g/mol. The molecule has 104 valence electrons. The van der Waals surface area contributed by atoms with Gasteiger partial charge < -0.3 is 5.32 Å². The van der Waals surface area contributed by atoms with Crippen LogP contribution < -0.4 is 5.32 Å². The smallest absolute Gasteiger partial charge is 0.230 e. The fraction of sp³-hybridized carbons (Fsp3) is 0.200. The molecule has 0 saturated heterocycles. The van der Waals surface area contributed by atoms with Crippen LogP contribution in [0.15, 0.2) is 48.4 Å². The van der Waals surface area contributed by atoms with Crippen molar-refractivity contribution in [3.05, 3.63) is 54.1 Å². The second-order valence-electron chi connectivity index (χ2n) is 4.10. The van der Waals surface area contributed by atoms with Crippen LogP contribution in [-0.2, 0) is 10.5 Å². The van der Waals surface area contributed by atoms with E-state index in [1.54, 1.807) is 29.2 Å². The third-order valence-corrected chi connectivity index (χ3v) is 4.41. The number of hydrogen-bond acceptors (Lipinski definition) is 4. The number of thioether (sulfide) groups is 1. The van der Waals surface area contributed by atoms with Crippen molar-refractivity contribution < 1.29 is 4.79 Å². The number of hydrogen-bond donors (Lipinski definition) is 1. The van der Waals surface area contributed by atoms with Crippen LogP contribution in [-0.4, -0.2) is 23.2 Å². The van der Waals surface area contributed by atoms with E-state index < -0.39 is 0 Å². The number of rotatable bonds is 7. The number of carbonyl (C=O) groups excluding carboxylic acids is 1. The van der Waals surface area contributed by atoms with Crippen molar-refractivity contribution in [2.75, 3.05) is 12.3 Å². The van der Waals surface area contributed by atoms with E-state index in [9.17, 15) is 4.79 Å². The molecule has 0 aliphatic heterocycles. The van der Waals surface area contributed by atoms with Crippen LogP contribution in [0.4, 0.5) is 0 Å². The number of nitrogens with zero attached hydrogens (tertiary/aromatic N) is 1. The lowest BCUT2D eigenvalue weighted by Gasteiger charge is -2.00. The van der Waals surface area contributed by atoms with Crippen molar-refractivity contribution in [3.63, 3.8) is 0 Å². The van der Waals surface area contributed by atoms with Gasteiger partial charge in [-0.15, -0.1) is 29.7 Å². The molecular weight excluding hydrogens is 288 g/mol. The first-order valence-electron chi connectivity index (χ1n) is 6.25. The van der Waals surface area contributed by atoms with Crippen molar-refractivity contribution >= 4 is 29.0 Å². The van der Waals surface area contributed by atoms with E-state index in [2.05, 4.69) is 34.4 Å². The van der Waals surface area contributed by atoms with Gasteiger partial charge in [-0.1, -0.05) is 36.4 Å². The SMILES string of the molecule is C=CCNC(=O)CSCc1csc(-c2ccccc2)n1. The van der Waals surface area contributed by atoms with Crippen LogP contribution in [0, 0.1) is 0 Å². The van der Waals surface area contributed by atoms with E-state index in [0.717, 1.165) is 22.0 Å². The summed E-state index contributed by atoms with van der Waals surface area (Å²) in [4.78, 5) is 16.0. The Morgan fingerprint density at radius 3 is 2.95 bits per heavy atom. The molecule has 1 aromatic carbocycles. The average Bonchev–Trinajstić information content (AvgIpc) is 2.95. The molecule has 0 saturated carbocycles. The Morgan fingerprint density at radius 1 is 1.40 bits per heavy atom. The minimum absolute atomic E-state index is 0.0356. The number of nitrogens with one attached hydrogen (secondary N) is 1. The number of carbonyl (C=O) groups is 1. The molecule has 0 fully saturated rings. The van der Waals surface area contributed by atoms with Crippen molar-refractivity contribution in [1.82, 2.24) is 10.3 Å². The topological polar surface area (TPSA) is 42.0 Å². The molecule has 5 heteroatoms. The fourth-order valence-electron chi connectivity index (χ4n) is 1.57. The zero-order valence-electron chi connectivity index (χ0n) is 11.0. The lowest BCUT2D eigenvalue weighted by atomic mass is 10.2. The summed E-state index contributed by atoms with van der Waals surface area (Å²) in [5.41, 5.74) is 2.16. The summed E-state index contributed by atoms with van der Waals surface area (Å²) < 4.78 is 0. The lowest BCUT2D eigenvalue weighted by molar-refractivity contribution is -0.118. The van der Waals surface area contributed by atoms with Crippen LogP contribution in [0.25, 0.3) is 10.6 Å². The Balaban J connectivity index is 1.82. The highest BCUT2D eigenvalue weighted by molar-refractivity contribution is 7.99. The second-order valence-corrected chi connectivity index (χ2v) is 5.94. The zero-order chi connectivity index (χ0) is 14.2. The molecular formula is C15H16N2OS2. The maximum atomic E-state index is 11.4. The van der Waals surface area contributed by atoms with Gasteiger partial charge in [0.05, 0.1) is 11.4 Å². The molecule has 1 heterocycles. The number of benzene rings is 1. The van der Waals surface area contributed by atoms with Crippen molar-refractivity contribution in [2.45, 2.75) is 5.75 Å². The van der Waals surface area contributed by atoms with E-state index in [4.69, 9.17) is 0 Å². The van der Waals surface area contributed by atoms with Gasteiger partial charge in [-0.3, -0.25) is 4.79 Å². The van der Waals surface area contributed by atoms with E-state index in [0.29, 0.717) is 12.3 Å². The molecule has 1 amide bonds. The Bertz CT molecular complexity index is 566. The quantitative estimate of drug-likeness (QED) is 0.798. The van der Waals surface area contributed by atoms with E-state index in [1.807, 2.05) is 18.2 Å². The summed E-state index contributed by atoms with van der Waals surface area (Å²) in [5, 5.41) is 5.83. The first-order valence-corrected chi connectivity index (χ1v) is 8.28. The lowest BCUT2D eigenvalue weighted by Crippen LogP contribution is -2.24. The summed E-state index contributed by atoms with van der Waals surface area (Å²) in [7, 11) is 0. The van der Waals surface area contributed by atoms with Crippen LogP contribution in [0.5, 0.6) is 0 Å². The van der Waals surface area contributed by atoms with E-state index in [1.165, 1.54) is 0 Å².